The van der Waals surface area contributed by atoms with E-state index in [1.165, 1.54) is 5.56 Å². The molecule has 2 aromatic heterocycles. The van der Waals surface area contributed by atoms with Crippen molar-refractivity contribution in [1.29, 1.82) is 0 Å². The fraction of sp³-hybridized carbons (Fsp3) is 0.308. The number of hydrogen-bond donors (Lipinski definition) is 4. The van der Waals surface area contributed by atoms with Crippen molar-refractivity contribution in [2.45, 2.75) is 19.8 Å². The van der Waals surface area contributed by atoms with Gasteiger partial charge in [0.05, 0.1) is 11.9 Å². The van der Waals surface area contributed by atoms with Crippen molar-refractivity contribution >= 4 is 11.6 Å². The molecule has 2 rings (SSSR count). The Kier molecular flexibility index (Phi) is 4.67. The third-order valence-corrected chi connectivity index (χ3v) is 3.00. The maximum absolute atomic E-state index is 11.9. The Morgan fingerprint density at radius 1 is 1.50 bits per heavy atom. The van der Waals surface area contributed by atoms with Crippen molar-refractivity contribution < 1.29 is 4.79 Å². The van der Waals surface area contributed by atoms with E-state index in [1.54, 1.807) is 18.3 Å². The topological polar surface area (TPSA) is 109 Å². The first-order valence-corrected chi connectivity index (χ1v) is 6.40. The molecular formula is C13H18N6O. The number of H-pyrrole nitrogens is 1. The lowest BCUT2D eigenvalue weighted by Gasteiger charge is -2.06. The van der Waals surface area contributed by atoms with E-state index in [9.17, 15) is 4.79 Å². The summed E-state index contributed by atoms with van der Waals surface area (Å²) in [5, 5.41) is 9.68. The lowest BCUT2D eigenvalue weighted by Crippen LogP contribution is -2.25. The third kappa shape index (κ3) is 3.55. The average Bonchev–Trinajstić information content (AvgIpc) is 2.89. The van der Waals surface area contributed by atoms with Crippen LogP contribution in [0.4, 0.5) is 5.69 Å². The molecule has 0 aliphatic rings. The minimum Gasteiger partial charge on any atom is -0.351 e. The fourth-order valence-electron chi connectivity index (χ4n) is 1.84. The number of nitrogen functional groups attached to an aromatic ring is 1. The number of nitrogens with two attached hydrogens (primary N) is 1. The van der Waals surface area contributed by atoms with Crippen molar-refractivity contribution in [3.05, 3.63) is 41.5 Å². The molecule has 1 amide bonds. The Morgan fingerprint density at radius 3 is 3.05 bits per heavy atom. The summed E-state index contributed by atoms with van der Waals surface area (Å²) in [6.07, 6.45) is 5.08. The Labute approximate surface area is 117 Å². The van der Waals surface area contributed by atoms with Gasteiger partial charge in [0, 0.05) is 18.4 Å². The summed E-state index contributed by atoms with van der Waals surface area (Å²) in [5.74, 6) is 5.09. The summed E-state index contributed by atoms with van der Waals surface area (Å²) in [7, 11) is 0. The van der Waals surface area contributed by atoms with Gasteiger partial charge in [0.15, 0.2) is 0 Å². The van der Waals surface area contributed by atoms with E-state index in [2.05, 4.69) is 25.9 Å². The standard InChI is InChI=1S/C13H18N6O/c1-9-10(8-17-19-9)3-2-5-16-13(20)12-7-11(18-14)4-6-15-12/h4,6-8H,2-3,5,14H2,1H3,(H,15,18)(H,16,20)(H,17,19). The van der Waals surface area contributed by atoms with Crippen LogP contribution in [0.3, 0.4) is 0 Å². The number of hydrazine groups is 1. The molecule has 5 N–H and O–H groups in total. The number of nitrogens with one attached hydrogen (secondary N) is 3. The zero-order valence-corrected chi connectivity index (χ0v) is 11.3. The summed E-state index contributed by atoms with van der Waals surface area (Å²) in [6, 6.07) is 3.30. The van der Waals surface area contributed by atoms with E-state index in [0.29, 0.717) is 17.9 Å². The van der Waals surface area contributed by atoms with E-state index in [0.717, 1.165) is 18.5 Å². The SMILES string of the molecule is Cc1[nH]ncc1CCCNC(=O)c1cc(NN)ccn1. The smallest absolute Gasteiger partial charge is 0.269 e. The molecule has 0 aromatic carbocycles. The molecule has 0 atom stereocenters. The number of aryl methyl sites for hydroxylation is 2. The van der Waals surface area contributed by atoms with Crippen LogP contribution in [0.25, 0.3) is 0 Å². The number of aromatic amines is 1. The second-order valence-electron chi connectivity index (χ2n) is 4.45. The van der Waals surface area contributed by atoms with Crippen molar-refractivity contribution in [3.63, 3.8) is 0 Å². The lowest BCUT2D eigenvalue weighted by molar-refractivity contribution is 0.0948. The molecule has 0 saturated carbocycles. The van der Waals surface area contributed by atoms with Gasteiger partial charge in [-0.25, -0.2) is 0 Å². The van der Waals surface area contributed by atoms with E-state index in [1.807, 2.05) is 13.1 Å². The molecule has 0 aliphatic carbocycles. The van der Waals surface area contributed by atoms with Gasteiger partial charge in [-0.1, -0.05) is 0 Å². The summed E-state index contributed by atoms with van der Waals surface area (Å²) < 4.78 is 0. The van der Waals surface area contributed by atoms with Gasteiger partial charge < -0.3 is 10.7 Å². The van der Waals surface area contributed by atoms with Crippen LogP contribution in [0.5, 0.6) is 0 Å². The molecule has 2 aromatic rings. The van der Waals surface area contributed by atoms with Gasteiger partial charge >= 0.3 is 0 Å². The van der Waals surface area contributed by atoms with E-state index in [-0.39, 0.29) is 5.91 Å². The van der Waals surface area contributed by atoms with Gasteiger partial charge in [-0.15, -0.1) is 0 Å². The first kappa shape index (κ1) is 14.0. The highest BCUT2D eigenvalue weighted by molar-refractivity contribution is 5.93. The van der Waals surface area contributed by atoms with Gasteiger partial charge in [0.1, 0.15) is 5.69 Å². The molecule has 0 spiro atoms. The number of carbonyl (C=O) groups is 1. The number of amides is 1. The number of anilines is 1. The monoisotopic (exact) mass is 274 g/mol. The first-order valence-electron chi connectivity index (χ1n) is 6.40. The molecule has 0 aliphatic heterocycles. The fourth-order valence-corrected chi connectivity index (χ4v) is 1.84. The molecule has 0 saturated heterocycles. The number of rotatable bonds is 6. The highest BCUT2D eigenvalue weighted by Crippen LogP contribution is 2.07. The molecule has 7 nitrogen and oxygen atoms in total. The van der Waals surface area contributed by atoms with E-state index < -0.39 is 0 Å². The van der Waals surface area contributed by atoms with Gasteiger partial charge in [-0.05, 0) is 37.5 Å². The minimum atomic E-state index is -0.203. The molecule has 20 heavy (non-hydrogen) atoms. The zero-order valence-electron chi connectivity index (χ0n) is 11.3. The van der Waals surface area contributed by atoms with E-state index >= 15 is 0 Å². The third-order valence-electron chi connectivity index (χ3n) is 3.00. The van der Waals surface area contributed by atoms with Crippen LogP contribution in [-0.4, -0.2) is 27.6 Å². The normalized spacial score (nSPS) is 10.3. The number of aromatic nitrogens is 3. The van der Waals surface area contributed by atoms with Crippen LogP contribution in [0.1, 0.15) is 28.2 Å². The Balaban J connectivity index is 1.79. The second-order valence-corrected chi connectivity index (χ2v) is 4.45. The quantitative estimate of drug-likeness (QED) is 0.353. The molecule has 2 heterocycles. The van der Waals surface area contributed by atoms with E-state index in [4.69, 9.17) is 5.84 Å². The lowest BCUT2D eigenvalue weighted by atomic mass is 10.1. The van der Waals surface area contributed by atoms with Crippen LogP contribution in [0.15, 0.2) is 24.5 Å². The largest absolute Gasteiger partial charge is 0.351 e. The van der Waals surface area contributed by atoms with Crippen LogP contribution in [0.2, 0.25) is 0 Å². The van der Waals surface area contributed by atoms with Crippen LogP contribution < -0.4 is 16.6 Å². The summed E-state index contributed by atoms with van der Waals surface area (Å²) in [6.45, 7) is 2.57. The van der Waals surface area contributed by atoms with Crippen molar-refractivity contribution in [2.75, 3.05) is 12.0 Å². The highest BCUT2D eigenvalue weighted by Gasteiger charge is 2.07. The van der Waals surface area contributed by atoms with Gasteiger partial charge in [-0.2, -0.15) is 5.10 Å². The molecule has 7 heteroatoms. The second kappa shape index (κ2) is 6.67. The average molecular weight is 274 g/mol. The van der Waals surface area contributed by atoms with Gasteiger partial charge in [0.2, 0.25) is 0 Å². The minimum absolute atomic E-state index is 0.203. The van der Waals surface area contributed by atoms with Crippen molar-refractivity contribution in [3.8, 4) is 0 Å². The maximum Gasteiger partial charge on any atom is 0.269 e. The van der Waals surface area contributed by atoms with Crippen molar-refractivity contribution in [2.24, 2.45) is 5.84 Å². The van der Waals surface area contributed by atoms with Crippen molar-refractivity contribution in [1.82, 2.24) is 20.5 Å². The number of pyridine rings is 1. The molecule has 0 radical (unpaired) electrons. The molecule has 0 unspecified atom stereocenters. The predicted molar refractivity (Wildman–Crippen MR) is 76.0 cm³/mol. The van der Waals surface area contributed by atoms with Crippen LogP contribution in [0, 0.1) is 6.92 Å². The summed E-state index contributed by atoms with van der Waals surface area (Å²) in [5.41, 5.74) is 5.73. The zero-order chi connectivity index (χ0) is 14.4. The molecule has 0 fully saturated rings. The maximum atomic E-state index is 11.9. The number of nitrogens with zero attached hydrogens (tertiary/aromatic N) is 2. The van der Waals surface area contributed by atoms with Gasteiger partial charge in [0.25, 0.3) is 5.91 Å². The molecular weight excluding hydrogens is 256 g/mol. The Bertz CT molecular complexity index is 580. The highest BCUT2D eigenvalue weighted by atomic mass is 16.1. The number of hydrogen-bond acceptors (Lipinski definition) is 5. The summed E-state index contributed by atoms with van der Waals surface area (Å²) in [4.78, 5) is 15.9. The Hall–Kier alpha value is -2.41. The first-order chi connectivity index (χ1) is 9.70. The Morgan fingerprint density at radius 2 is 2.35 bits per heavy atom. The number of carbonyl (C=O) groups excluding carboxylic acids is 1. The molecule has 0 bridgehead atoms. The van der Waals surface area contributed by atoms with Gasteiger partial charge in [-0.3, -0.25) is 20.7 Å². The van der Waals surface area contributed by atoms with Crippen LogP contribution >= 0.6 is 0 Å². The van der Waals surface area contributed by atoms with Crippen LogP contribution in [-0.2, 0) is 6.42 Å². The molecule has 106 valence electrons. The predicted octanol–water partition coefficient (Wildman–Crippen LogP) is 0.761. The summed E-state index contributed by atoms with van der Waals surface area (Å²) >= 11 is 0.